The topological polar surface area (TPSA) is 75.6 Å². The largest absolute Gasteiger partial charge is 0.507 e. The molecule has 0 spiro atoms. The number of hydrogen-bond donors (Lipinski definition) is 2. The zero-order valence-corrected chi connectivity index (χ0v) is 19.8. The van der Waals surface area contributed by atoms with Crippen molar-refractivity contribution in [2.75, 3.05) is 7.11 Å². The number of aromatic hydroxyl groups is 1. The van der Waals surface area contributed by atoms with E-state index in [4.69, 9.17) is 16.3 Å². The van der Waals surface area contributed by atoms with Crippen molar-refractivity contribution in [2.45, 2.75) is 12.5 Å². The minimum Gasteiger partial charge on any atom is -0.507 e. The van der Waals surface area contributed by atoms with Crippen LogP contribution in [0.3, 0.4) is 0 Å². The summed E-state index contributed by atoms with van der Waals surface area (Å²) < 4.78 is 4.92. The molecule has 1 unspecified atom stereocenters. The lowest BCUT2D eigenvalue weighted by molar-refractivity contribution is -0.142. The molecule has 6 heteroatoms. The molecule has 0 fully saturated rings. The Morgan fingerprint density at radius 2 is 1.40 bits per heavy atom. The molecule has 4 aromatic rings. The van der Waals surface area contributed by atoms with E-state index in [-0.39, 0.29) is 17.7 Å². The second kappa shape index (κ2) is 10.9. The number of phenols is 1. The molecule has 0 aliphatic rings. The van der Waals surface area contributed by atoms with Crippen LogP contribution in [0.15, 0.2) is 97.1 Å². The van der Waals surface area contributed by atoms with Crippen molar-refractivity contribution < 1.29 is 19.4 Å². The van der Waals surface area contributed by atoms with Crippen LogP contribution in [-0.4, -0.2) is 30.1 Å². The lowest BCUT2D eigenvalue weighted by Crippen LogP contribution is -2.43. The fraction of sp³-hybridized carbons (Fsp3) is 0.103. The van der Waals surface area contributed by atoms with Gasteiger partial charge in [-0.25, -0.2) is 4.79 Å². The summed E-state index contributed by atoms with van der Waals surface area (Å²) in [6.07, 6.45) is 0.241. The van der Waals surface area contributed by atoms with Gasteiger partial charge in [-0.1, -0.05) is 84.4 Å². The van der Waals surface area contributed by atoms with Gasteiger partial charge in [0.1, 0.15) is 11.8 Å². The van der Waals surface area contributed by atoms with Crippen molar-refractivity contribution in [3.05, 3.63) is 113 Å². The Morgan fingerprint density at radius 3 is 2.06 bits per heavy atom. The third-order valence-corrected chi connectivity index (χ3v) is 5.96. The molecule has 4 aromatic carbocycles. The van der Waals surface area contributed by atoms with E-state index >= 15 is 0 Å². The SMILES string of the molecule is COC(=O)C(Cc1ccc(-c2ccccc2)cc1)NC(=O)c1cc(-c2ccc(Cl)cc2)ccc1O. The van der Waals surface area contributed by atoms with E-state index in [0.717, 1.165) is 27.8 Å². The normalized spacial score (nSPS) is 11.5. The zero-order valence-electron chi connectivity index (χ0n) is 19.1. The molecule has 0 saturated carbocycles. The number of carbonyl (C=O) groups is 2. The predicted octanol–water partition coefficient (Wildman–Crippen LogP) is 5.89. The van der Waals surface area contributed by atoms with Gasteiger partial charge in [0.25, 0.3) is 5.91 Å². The molecule has 1 amide bonds. The number of phenolic OH excluding ortho intramolecular Hbond substituents is 1. The molecule has 0 heterocycles. The smallest absolute Gasteiger partial charge is 0.328 e. The number of benzene rings is 4. The maximum Gasteiger partial charge on any atom is 0.328 e. The Hall–Kier alpha value is -4.09. The maximum atomic E-state index is 13.1. The number of amides is 1. The number of rotatable bonds is 7. The summed E-state index contributed by atoms with van der Waals surface area (Å²) in [6.45, 7) is 0. The molecule has 176 valence electrons. The Morgan fingerprint density at radius 1 is 0.829 bits per heavy atom. The van der Waals surface area contributed by atoms with Gasteiger partial charge in [-0.15, -0.1) is 0 Å². The maximum absolute atomic E-state index is 13.1. The number of methoxy groups -OCH3 is 1. The monoisotopic (exact) mass is 485 g/mol. The van der Waals surface area contributed by atoms with Crippen LogP contribution in [-0.2, 0) is 16.0 Å². The predicted molar refractivity (Wildman–Crippen MR) is 137 cm³/mol. The first-order valence-electron chi connectivity index (χ1n) is 11.1. The Balaban J connectivity index is 1.53. The first kappa shape index (κ1) is 24.0. The van der Waals surface area contributed by atoms with Gasteiger partial charge in [0.05, 0.1) is 12.7 Å². The van der Waals surface area contributed by atoms with E-state index in [1.54, 1.807) is 24.3 Å². The summed E-state index contributed by atoms with van der Waals surface area (Å²) >= 11 is 5.97. The molecule has 0 radical (unpaired) electrons. The quantitative estimate of drug-likeness (QED) is 0.320. The Labute approximate surface area is 209 Å². The molecular weight excluding hydrogens is 462 g/mol. The average Bonchev–Trinajstić information content (AvgIpc) is 2.89. The average molecular weight is 486 g/mol. The number of ether oxygens (including phenoxy) is 1. The molecule has 0 bridgehead atoms. The minimum atomic E-state index is -0.923. The van der Waals surface area contributed by atoms with E-state index in [1.165, 1.54) is 13.2 Å². The van der Waals surface area contributed by atoms with E-state index in [2.05, 4.69) is 5.32 Å². The van der Waals surface area contributed by atoms with Crippen LogP contribution >= 0.6 is 11.6 Å². The summed E-state index contributed by atoms with van der Waals surface area (Å²) in [5, 5.41) is 13.6. The molecule has 0 saturated heterocycles. The molecule has 4 rings (SSSR count). The van der Waals surface area contributed by atoms with Crippen LogP contribution in [0.25, 0.3) is 22.3 Å². The number of nitrogens with one attached hydrogen (secondary N) is 1. The molecular formula is C29H24ClNO4. The van der Waals surface area contributed by atoms with Crippen LogP contribution in [0.2, 0.25) is 5.02 Å². The Bertz CT molecular complexity index is 1320. The van der Waals surface area contributed by atoms with Crippen molar-refractivity contribution in [3.63, 3.8) is 0 Å². The van der Waals surface area contributed by atoms with Crippen LogP contribution in [0.5, 0.6) is 5.75 Å². The lowest BCUT2D eigenvalue weighted by Gasteiger charge is -2.18. The fourth-order valence-corrected chi connectivity index (χ4v) is 3.94. The van der Waals surface area contributed by atoms with Crippen LogP contribution in [0.4, 0.5) is 0 Å². The molecule has 35 heavy (non-hydrogen) atoms. The molecule has 0 aliphatic heterocycles. The van der Waals surface area contributed by atoms with Crippen molar-refractivity contribution in [1.29, 1.82) is 0 Å². The summed E-state index contributed by atoms with van der Waals surface area (Å²) in [7, 11) is 1.28. The molecule has 0 aromatic heterocycles. The van der Waals surface area contributed by atoms with Crippen molar-refractivity contribution in [2.24, 2.45) is 0 Å². The molecule has 1 atom stereocenters. The minimum absolute atomic E-state index is 0.0609. The number of carbonyl (C=O) groups excluding carboxylic acids is 2. The van der Waals surface area contributed by atoms with E-state index in [0.29, 0.717) is 5.02 Å². The standard InChI is InChI=1S/C29H24ClNO4/c1-35-29(34)26(17-19-7-9-21(10-8-19)20-5-3-2-4-6-20)31-28(33)25-18-23(13-16-27(25)32)22-11-14-24(30)15-12-22/h2-16,18,26,32H,17H2,1H3,(H,31,33). The summed E-state index contributed by atoms with van der Waals surface area (Å²) in [5.74, 6) is -1.33. The van der Waals surface area contributed by atoms with Gasteiger partial charge in [-0.2, -0.15) is 0 Å². The fourth-order valence-electron chi connectivity index (χ4n) is 3.81. The van der Waals surface area contributed by atoms with Gasteiger partial charge >= 0.3 is 5.97 Å². The van der Waals surface area contributed by atoms with Crippen molar-refractivity contribution in [3.8, 4) is 28.0 Å². The van der Waals surface area contributed by atoms with Gasteiger partial charge in [0.2, 0.25) is 0 Å². The van der Waals surface area contributed by atoms with E-state index in [1.807, 2.05) is 66.7 Å². The van der Waals surface area contributed by atoms with Gasteiger partial charge < -0.3 is 15.2 Å². The van der Waals surface area contributed by atoms with Crippen LogP contribution in [0.1, 0.15) is 15.9 Å². The van der Waals surface area contributed by atoms with Crippen molar-refractivity contribution in [1.82, 2.24) is 5.32 Å². The molecule has 0 aliphatic carbocycles. The number of esters is 1. The summed E-state index contributed by atoms with van der Waals surface area (Å²) in [5.41, 5.74) is 4.64. The van der Waals surface area contributed by atoms with Gasteiger partial charge in [0, 0.05) is 11.4 Å². The second-order valence-electron chi connectivity index (χ2n) is 8.06. The summed E-state index contributed by atoms with van der Waals surface area (Å²) in [6, 6.07) is 28.7. The third-order valence-electron chi connectivity index (χ3n) is 5.71. The highest BCUT2D eigenvalue weighted by atomic mass is 35.5. The third kappa shape index (κ3) is 5.89. The van der Waals surface area contributed by atoms with Gasteiger partial charge in [-0.3, -0.25) is 4.79 Å². The lowest BCUT2D eigenvalue weighted by atomic mass is 9.99. The van der Waals surface area contributed by atoms with Gasteiger partial charge in [-0.05, 0) is 52.1 Å². The highest BCUT2D eigenvalue weighted by molar-refractivity contribution is 6.30. The zero-order chi connectivity index (χ0) is 24.8. The number of hydrogen-bond acceptors (Lipinski definition) is 4. The molecule has 5 nitrogen and oxygen atoms in total. The van der Waals surface area contributed by atoms with Crippen molar-refractivity contribution >= 4 is 23.5 Å². The van der Waals surface area contributed by atoms with Crippen LogP contribution < -0.4 is 5.32 Å². The summed E-state index contributed by atoms with van der Waals surface area (Å²) in [4.78, 5) is 25.5. The highest BCUT2D eigenvalue weighted by Gasteiger charge is 2.24. The van der Waals surface area contributed by atoms with Gasteiger partial charge in [0.15, 0.2) is 0 Å². The first-order chi connectivity index (χ1) is 16.9. The first-order valence-corrected chi connectivity index (χ1v) is 11.4. The Kier molecular flexibility index (Phi) is 7.48. The molecule has 2 N–H and O–H groups in total. The second-order valence-corrected chi connectivity index (χ2v) is 8.49. The highest BCUT2D eigenvalue weighted by Crippen LogP contribution is 2.27. The number of halogens is 1. The van der Waals surface area contributed by atoms with E-state index < -0.39 is 17.9 Å². The van der Waals surface area contributed by atoms with Crippen LogP contribution in [0, 0.1) is 0 Å². The van der Waals surface area contributed by atoms with E-state index in [9.17, 15) is 14.7 Å².